The molecule has 0 fully saturated rings. The van der Waals surface area contributed by atoms with Gasteiger partial charge in [0.05, 0.1) is 13.7 Å². The van der Waals surface area contributed by atoms with Crippen LogP contribution in [-0.2, 0) is 0 Å². The van der Waals surface area contributed by atoms with Crippen LogP contribution in [0.25, 0.3) is 0 Å². The van der Waals surface area contributed by atoms with Gasteiger partial charge in [0.1, 0.15) is 5.75 Å². The molecule has 0 aliphatic rings. The van der Waals surface area contributed by atoms with E-state index in [2.05, 4.69) is 5.32 Å². The highest BCUT2D eigenvalue weighted by Crippen LogP contribution is 2.26. The zero-order chi connectivity index (χ0) is 13.1. The number of rotatable bonds is 4. The van der Waals surface area contributed by atoms with Gasteiger partial charge in [-0.15, -0.1) is 0 Å². The van der Waals surface area contributed by atoms with Crippen LogP contribution in [-0.4, -0.2) is 19.8 Å². The van der Waals surface area contributed by atoms with Crippen LogP contribution in [0.2, 0.25) is 0 Å². The summed E-state index contributed by atoms with van der Waals surface area (Å²) in [4.78, 5) is 0. The Labute approximate surface area is 98.8 Å². The number of hydrogen-bond donors (Lipinski definition) is 1. The van der Waals surface area contributed by atoms with Gasteiger partial charge in [0, 0.05) is 11.6 Å². The molecule has 0 bridgehead atoms. The van der Waals surface area contributed by atoms with Crippen molar-refractivity contribution in [2.45, 2.75) is 26.1 Å². The van der Waals surface area contributed by atoms with Crippen molar-refractivity contribution in [3.63, 3.8) is 0 Å². The average Bonchev–Trinajstić information content (AvgIpc) is 2.25. The Morgan fingerprint density at radius 1 is 1.35 bits per heavy atom. The highest BCUT2D eigenvalue weighted by molar-refractivity contribution is 5.38. The van der Waals surface area contributed by atoms with Crippen LogP contribution in [0.3, 0.4) is 0 Å². The quantitative estimate of drug-likeness (QED) is 0.882. The van der Waals surface area contributed by atoms with E-state index in [1.54, 1.807) is 13.0 Å². The molecule has 0 aromatic heterocycles. The van der Waals surface area contributed by atoms with Crippen molar-refractivity contribution in [3.8, 4) is 5.75 Å². The van der Waals surface area contributed by atoms with Crippen LogP contribution < -0.4 is 10.1 Å². The minimum Gasteiger partial charge on any atom is -0.496 e. The first-order valence-electron chi connectivity index (χ1n) is 5.28. The molecule has 0 saturated heterocycles. The summed E-state index contributed by atoms with van der Waals surface area (Å²) < 4.78 is 41.4. The molecule has 1 atom stereocenters. The summed E-state index contributed by atoms with van der Waals surface area (Å²) in [7, 11) is 1.50. The monoisotopic (exact) mass is 247 g/mol. The summed E-state index contributed by atoms with van der Waals surface area (Å²) in [5.41, 5.74) is 1.72. The molecular formula is C12H16F3NO. The van der Waals surface area contributed by atoms with Crippen LogP contribution in [0.5, 0.6) is 5.75 Å². The van der Waals surface area contributed by atoms with Crippen molar-refractivity contribution in [1.29, 1.82) is 0 Å². The maximum absolute atomic E-state index is 12.1. The van der Waals surface area contributed by atoms with E-state index in [1.165, 1.54) is 7.11 Å². The molecule has 0 radical (unpaired) electrons. The molecule has 1 rings (SSSR count). The van der Waals surface area contributed by atoms with Crippen LogP contribution >= 0.6 is 0 Å². The summed E-state index contributed by atoms with van der Waals surface area (Å²) in [6.07, 6.45) is -4.20. The van der Waals surface area contributed by atoms with Crippen LogP contribution in [0.1, 0.15) is 24.1 Å². The van der Waals surface area contributed by atoms with E-state index < -0.39 is 18.8 Å². The lowest BCUT2D eigenvalue weighted by Gasteiger charge is -2.18. The number of aryl methyl sites for hydroxylation is 1. The predicted molar refractivity (Wildman–Crippen MR) is 60.2 cm³/mol. The van der Waals surface area contributed by atoms with Gasteiger partial charge in [-0.25, -0.2) is 0 Å². The minimum atomic E-state index is -4.20. The Hall–Kier alpha value is -1.23. The second-order valence-corrected chi connectivity index (χ2v) is 3.96. The molecule has 0 heterocycles. The molecule has 1 aromatic carbocycles. The molecular weight excluding hydrogens is 231 g/mol. The normalized spacial score (nSPS) is 13.5. The first-order chi connectivity index (χ1) is 7.83. The standard InChI is InChI=1S/C12H16F3NO/c1-8-4-5-11(17-3)10(6-8)9(2)16-7-12(13,14)15/h4-6,9,16H,7H2,1-3H3. The van der Waals surface area contributed by atoms with Crippen molar-refractivity contribution < 1.29 is 17.9 Å². The van der Waals surface area contributed by atoms with E-state index in [1.807, 2.05) is 19.1 Å². The molecule has 0 spiro atoms. The fraction of sp³-hybridized carbons (Fsp3) is 0.500. The summed E-state index contributed by atoms with van der Waals surface area (Å²) >= 11 is 0. The second-order valence-electron chi connectivity index (χ2n) is 3.96. The van der Waals surface area contributed by atoms with Gasteiger partial charge in [0.25, 0.3) is 0 Å². The van der Waals surface area contributed by atoms with Crippen LogP contribution in [0, 0.1) is 6.92 Å². The van der Waals surface area contributed by atoms with Gasteiger partial charge in [0.15, 0.2) is 0 Å². The Morgan fingerprint density at radius 3 is 2.53 bits per heavy atom. The summed E-state index contributed by atoms with van der Waals surface area (Å²) in [5.74, 6) is 0.595. The Bertz CT molecular complexity index is 377. The highest BCUT2D eigenvalue weighted by atomic mass is 19.4. The SMILES string of the molecule is COc1ccc(C)cc1C(C)NCC(F)(F)F. The fourth-order valence-electron chi connectivity index (χ4n) is 1.57. The third-order valence-corrected chi connectivity index (χ3v) is 2.46. The van der Waals surface area contributed by atoms with Crippen molar-refractivity contribution in [3.05, 3.63) is 29.3 Å². The molecule has 5 heteroatoms. The highest BCUT2D eigenvalue weighted by Gasteiger charge is 2.27. The number of benzene rings is 1. The lowest BCUT2D eigenvalue weighted by molar-refractivity contribution is -0.126. The molecule has 1 N–H and O–H groups in total. The van der Waals surface area contributed by atoms with Crippen LogP contribution in [0.15, 0.2) is 18.2 Å². The van der Waals surface area contributed by atoms with Gasteiger partial charge in [-0.1, -0.05) is 17.7 Å². The summed E-state index contributed by atoms with van der Waals surface area (Å²) in [6.45, 7) is 2.56. The number of methoxy groups -OCH3 is 1. The lowest BCUT2D eigenvalue weighted by atomic mass is 10.0. The van der Waals surface area contributed by atoms with Crippen molar-refractivity contribution >= 4 is 0 Å². The van der Waals surface area contributed by atoms with E-state index in [-0.39, 0.29) is 0 Å². The molecule has 0 aliphatic carbocycles. The smallest absolute Gasteiger partial charge is 0.401 e. The molecule has 2 nitrogen and oxygen atoms in total. The van der Waals surface area contributed by atoms with E-state index in [9.17, 15) is 13.2 Å². The van der Waals surface area contributed by atoms with Gasteiger partial charge in [0.2, 0.25) is 0 Å². The molecule has 17 heavy (non-hydrogen) atoms. The van der Waals surface area contributed by atoms with Gasteiger partial charge in [-0.3, -0.25) is 0 Å². The summed E-state index contributed by atoms with van der Waals surface area (Å²) in [5, 5.41) is 2.44. The van der Waals surface area contributed by atoms with Gasteiger partial charge < -0.3 is 10.1 Å². The molecule has 0 aliphatic heterocycles. The maximum atomic E-state index is 12.1. The third-order valence-electron chi connectivity index (χ3n) is 2.46. The maximum Gasteiger partial charge on any atom is 0.401 e. The molecule has 1 unspecified atom stereocenters. The van der Waals surface area contributed by atoms with Crippen molar-refractivity contribution in [1.82, 2.24) is 5.32 Å². The molecule has 1 aromatic rings. The first-order valence-corrected chi connectivity index (χ1v) is 5.28. The molecule has 96 valence electrons. The third kappa shape index (κ3) is 4.26. The fourth-order valence-corrected chi connectivity index (χ4v) is 1.57. The van der Waals surface area contributed by atoms with E-state index in [0.717, 1.165) is 11.1 Å². The van der Waals surface area contributed by atoms with Crippen LogP contribution in [0.4, 0.5) is 13.2 Å². The topological polar surface area (TPSA) is 21.3 Å². The summed E-state index contributed by atoms with van der Waals surface area (Å²) in [6, 6.07) is 5.04. The zero-order valence-electron chi connectivity index (χ0n) is 10.1. The van der Waals surface area contributed by atoms with Crippen molar-refractivity contribution in [2.24, 2.45) is 0 Å². The second kappa shape index (κ2) is 5.40. The number of nitrogens with one attached hydrogen (secondary N) is 1. The minimum absolute atomic E-state index is 0.411. The van der Waals surface area contributed by atoms with E-state index >= 15 is 0 Å². The van der Waals surface area contributed by atoms with E-state index in [4.69, 9.17) is 4.74 Å². The first kappa shape index (κ1) is 13.8. The number of ether oxygens (including phenoxy) is 1. The van der Waals surface area contributed by atoms with Gasteiger partial charge in [-0.05, 0) is 19.9 Å². The zero-order valence-corrected chi connectivity index (χ0v) is 10.1. The Kier molecular flexibility index (Phi) is 4.40. The Morgan fingerprint density at radius 2 is 2.00 bits per heavy atom. The molecule has 0 amide bonds. The largest absolute Gasteiger partial charge is 0.496 e. The average molecular weight is 247 g/mol. The van der Waals surface area contributed by atoms with E-state index in [0.29, 0.717) is 5.75 Å². The number of alkyl halides is 3. The van der Waals surface area contributed by atoms with Gasteiger partial charge >= 0.3 is 6.18 Å². The van der Waals surface area contributed by atoms with Crippen molar-refractivity contribution in [2.75, 3.05) is 13.7 Å². The number of hydrogen-bond acceptors (Lipinski definition) is 2. The lowest BCUT2D eigenvalue weighted by Crippen LogP contribution is -2.31. The molecule has 0 saturated carbocycles. The van der Waals surface area contributed by atoms with Gasteiger partial charge in [-0.2, -0.15) is 13.2 Å². The predicted octanol–water partition coefficient (Wildman–Crippen LogP) is 3.22. The number of halogens is 3. The Balaban J connectivity index is 2.80.